The molecule has 21 heavy (non-hydrogen) atoms. The monoisotopic (exact) mass is 289 g/mol. The van der Waals surface area contributed by atoms with E-state index < -0.39 is 11.8 Å². The molecule has 0 bridgehead atoms. The largest absolute Gasteiger partial charge is 0.478 e. The maximum atomic E-state index is 13.4. The number of anilines is 4. The molecular formula is C15H16FN3O2. The summed E-state index contributed by atoms with van der Waals surface area (Å²) in [5, 5.41) is 12.2. The predicted octanol–water partition coefficient (Wildman–Crippen LogP) is 2.92. The van der Waals surface area contributed by atoms with Crippen LogP contribution in [0.5, 0.6) is 0 Å². The van der Waals surface area contributed by atoms with Crippen LogP contribution in [0.3, 0.4) is 0 Å². The Morgan fingerprint density at radius 3 is 2.62 bits per heavy atom. The van der Waals surface area contributed by atoms with Crippen LogP contribution in [0.1, 0.15) is 10.4 Å². The second kappa shape index (κ2) is 5.70. The molecule has 0 spiro atoms. The van der Waals surface area contributed by atoms with Crippen LogP contribution < -0.4 is 16.0 Å². The molecule has 110 valence electrons. The fourth-order valence-electron chi connectivity index (χ4n) is 1.95. The Hall–Kier alpha value is -2.76. The lowest BCUT2D eigenvalue weighted by atomic mass is 10.1. The summed E-state index contributed by atoms with van der Waals surface area (Å²) in [4.78, 5) is 13.2. The van der Waals surface area contributed by atoms with Crippen LogP contribution in [-0.2, 0) is 0 Å². The van der Waals surface area contributed by atoms with Gasteiger partial charge in [0.15, 0.2) is 0 Å². The van der Waals surface area contributed by atoms with Gasteiger partial charge in [-0.25, -0.2) is 9.18 Å². The van der Waals surface area contributed by atoms with Crippen LogP contribution in [0, 0.1) is 5.82 Å². The van der Waals surface area contributed by atoms with Crippen molar-refractivity contribution in [1.29, 1.82) is 0 Å². The van der Waals surface area contributed by atoms with E-state index in [1.165, 1.54) is 6.07 Å². The van der Waals surface area contributed by atoms with Crippen molar-refractivity contribution < 1.29 is 14.3 Å². The summed E-state index contributed by atoms with van der Waals surface area (Å²) in [5.41, 5.74) is 6.75. The number of carboxylic acid groups (broad SMARTS) is 1. The summed E-state index contributed by atoms with van der Waals surface area (Å²) in [5.74, 6) is -2.03. The van der Waals surface area contributed by atoms with Gasteiger partial charge in [0, 0.05) is 25.5 Å². The lowest BCUT2D eigenvalue weighted by molar-refractivity contribution is 0.0698. The van der Waals surface area contributed by atoms with E-state index in [-0.39, 0.29) is 16.9 Å². The quantitative estimate of drug-likeness (QED) is 0.754. The summed E-state index contributed by atoms with van der Waals surface area (Å²) in [6, 6.07) is 9.90. The molecular weight excluding hydrogens is 273 g/mol. The lowest BCUT2D eigenvalue weighted by Crippen LogP contribution is -2.10. The molecule has 0 fully saturated rings. The van der Waals surface area contributed by atoms with E-state index in [0.29, 0.717) is 5.69 Å². The van der Waals surface area contributed by atoms with Gasteiger partial charge in [-0.3, -0.25) is 0 Å². The average Bonchev–Trinajstić information content (AvgIpc) is 2.43. The third-order valence-corrected chi connectivity index (χ3v) is 3.05. The minimum atomic E-state index is -1.28. The summed E-state index contributed by atoms with van der Waals surface area (Å²) < 4.78 is 13.4. The minimum Gasteiger partial charge on any atom is -0.478 e. The highest BCUT2D eigenvalue weighted by Gasteiger charge is 2.17. The van der Waals surface area contributed by atoms with Crippen LogP contribution in [0.4, 0.5) is 27.1 Å². The number of rotatable bonds is 4. The van der Waals surface area contributed by atoms with E-state index in [0.717, 1.165) is 11.8 Å². The number of aromatic carboxylic acids is 1. The van der Waals surface area contributed by atoms with Crippen molar-refractivity contribution in [1.82, 2.24) is 0 Å². The Morgan fingerprint density at radius 2 is 2.00 bits per heavy atom. The van der Waals surface area contributed by atoms with Gasteiger partial charge in [-0.1, -0.05) is 6.07 Å². The first-order valence-electron chi connectivity index (χ1n) is 6.26. The third kappa shape index (κ3) is 3.05. The van der Waals surface area contributed by atoms with Crippen LogP contribution >= 0.6 is 0 Å². The molecule has 0 atom stereocenters. The van der Waals surface area contributed by atoms with Crippen molar-refractivity contribution in [3.8, 4) is 0 Å². The summed E-state index contributed by atoms with van der Waals surface area (Å²) in [6.45, 7) is 0. The van der Waals surface area contributed by atoms with Gasteiger partial charge in [-0.05, 0) is 30.3 Å². The molecule has 2 rings (SSSR count). The molecule has 5 nitrogen and oxygen atoms in total. The van der Waals surface area contributed by atoms with Gasteiger partial charge in [0.05, 0.1) is 11.4 Å². The number of nitrogens with zero attached hydrogens (tertiary/aromatic N) is 1. The first-order valence-corrected chi connectivity index (χ1v) is 6.26. The maximum absolute atomic E-state index is 13.4. The van der Waals surface area contributed by atoms with E-state index in [2.05, 4.69) is 5.32 Å². The van der Waals surface area contributed by atoms with Gasteiger partial charge in [-0.15, -0.1) is 0 Å². The SMILES string of the molecule is CN(C)c1cccc(Nc2ccc(F)c(N)c2C(=O)O)c1. The number of nitrogen functional groups attached to an aromatic ring is 1. The zero-order valence-electron chi connectivity index (χ0n) is 11.7. The second-order valence-corrected chi connectivity index (χ2v) is 4.76. The van der Waals surface area contributed by atoms with Gasteiger partial charge in [-0.2, -0.15) is 0 Å². The molecule has 0 amide bonds. The van der Waals surface area contributed by atoms with E-state index in [1.54, 1.807) is 6.07 Å². The molecule has 0 radical (unpaired) electrons. The molecule has 0 aliphatic rings. The smallest absolute Gasteiger partial charge is 0.340 e. The predicted molar refractivity (Wildman–Crippen MR) is 81.8 cm³/mol. The molecule has 6 heteroatoms. The van der Waals surface area contributed by atoms with Gasteiger partial charge in [0.1, 0.15) is 11.4 Å². The van der Waals surface area contributed by atoms with E-state index in [1.807, 2.05) is 37.2 Å². The van der Waals surface area contributed by atoms with Crippen molar-refractivity contribution >= 4 is 28.7 Å². The van der Waals surface area contributed by atoms with Crippen LogP contribution in [0.2, 0.25) is 0 Å². The molecule has 0 heterocycles. The Morgan fingerprint density at radius 1 is 1.29 bits per heavy atom. The highest BCUT2D eigenvalue weighted by Crippen LogP contribution is 2.29. The molecule has 4 N–H and O–H groups in total. The summed E-state index contributed by atoms with van der Waals surface area (Å²) in [6.07, 6.45) is 0. The third-order valence-electron chi connectivity index (χ3n) is 3.05. The highest BCUT2D eigenvalue weighted by molar-refractivity contribution is 6.00. The van der Waals surface area contributed by atoms with Crippen molar-refractivity contribution in [3.63, 3.8) is 0 Å². The number of nitrogens with two attached hydrogens (primary N) is 1. The fourth-order valence-corrected chi connectivity index (χ4v) is 1.95. The van der Waals surface area contributed by atoms with Gasteiger partial charge < -0.3 is 21.1 Å². The summed E-state index contributed by atoms with van der Waals surface area (Å²) >= 11 is 0. The van der Waals surface area contributed by atoms with Crippen molar-refractivity contribution in [2.24, 2.45) is 0 Å². The van der Waals surface area contributed by atoms with Crippen molar-refractivity contribution in [2.45, 2.75) is 0 Å². The minimum absolute atomic E-state index is 0.248. The molecule has 2 aromatic carbocycles. The number of nitrogens with one attached hydrogen (secondary N) is 1. The number of hydrogen-bond acceptors (Lipinski definition) is 4. The van der Waals surface area contributed by atoms with Crippen LogP contribution in [0.15, 0.2) is 36.4 Å². The molecule has 0 unspecified atom stereocenters. The molecule has 0 aliphatic carbocycles. The van der Waals surface area contributed by atoms with E-state index in [9.17, 15) is 14.3 Å². The average molecular weight is 289 g/mol. The van der Waals surface area contributed by atoms with Crippen molar-refractivity contribution in [2.75, 3.05) is 30.0 Å². The number of benzene rings is 2. The number of hydrogen-bond donors (Lipinski definition) is 3. The normalized spacial score (nSPS) is 10.2. The Bertz CT molecular complexity index is 687. The molecule has 2 aromatic rings. The second-order valence-electron chi connectivity index (χ2n) is 4.76. The Kier molecular flexibility index (Phi) is 3.98. The Balaban J connectivity index is 2.42. The van der Waals surface area contributed by atoms with Crippen LogP contribution in [-0.4, -0.2) is 25.2 Å². The number of carbonyl (C=O) groups is 1. The molecule has 0 aliphatic heterocycles. The van der Waals surface area contributed by atoms with E-state index >= 15 is 0 Å². The number of halogens is 1. The summed E-state index contributed by atoms with van der Waals surface area (Å²) in [7, 11) is 3.80. The van der Waals surface area contributed by atoms with E-state index in [4.69, 9.17) is 5.73 Å². The van der Waals surface area contributed by atoms with Gasteiger partial charge in [0.25, 0.3) is 0 Å². The highest BCUT2D eigenvalue weighted by atomic mass is 19.1. The number of carboxylic acids is 1. The molecule has 0 aromatic heterocycles. The molecule has 0 saturated heterocycles. The zero-order chi connectivity index (χ0) is 15.6. The Labute approximate surface area is 121 Å². The van der Waals surface area contributed by atoms with Gasteiger partial charge >= 0.3 is 5.97 Å². The lowest BCUT2D eigenvalue weighted by Gasteiger charge is -2.16. The molecule has 0 saturated carbocycles. The first kappa shape index (κ1) is 14.6. The standard InChI is InChI=1S/C15H16FN3O2/c1-19(2)10-5-3-4-9(8-10)18-12-7-6-11(16)14(17)13(12)15(20)21/h3-8,18H,17H2,1-2H3,(H,20,21). The maximum Gasteiger partial charge on any atom is 0.340 e. The van der Waals surface area contributed by atoms with Crippen molar-refractivity contribution in [3.05, 3.63) is 47.8 Å². The van der Waals surface area contributed by atoms with Gasteiger partial charge in [0.2, 0.25) is 0 Å². The fraction of sp³-hybridized carbons (Fsp3) is 0.133. The zero-order valence-corrected chi connectivity index (χ0v) is 11.7. The first-order chi connectivity index (χ1) is 9.90. The topological polar surface area (TPSA) is 78.6 Å². The van der Waals surface area contributed by atoms with Crippen LogP contribution in [0.25, 0.3) is 0 Å².